The van der Waals surface area contributed by atoms with E-state index in [1.807, 2.05) is 0 Å². The molecule has 4 nitrogen and oxygen atoms in total. The maximum absolute atomic E-state index is 12.1. The second kappa shape index (κ2) is 31.5. The highest BCUT2D eigenvalue weighted by atomic mass is 16.7. The molecule has 0 N–H and O–H groups in total. The first-order valence-corrected chi connectivity index (χ1v) is 17.3. The highest BCUT2D eigenvalue weighted by Crippen LogP contribution is 2.15. The molecule has 0 aromatic rings. The highest BCUT2D eigenvalue weighted by molar-refractivity contribution is 5.71. The van der Waals surface area contributed by atoms with Crippen LogP contribution < -0.4 is 0 Å². The Morgan fingerprint density at radius 2 is 0.667 bits per heavy atom. The first-order valence-electron chi connectivity index (χ1n) is 17.3. The summed E-state index contributed by atoms with van der Waals surface area (Å²) in [6, 6.07) is 0. The van der Waals surface area contributed by atoms with Gasteiger partial charge in [0.2, 0.25) is 6.29 Å². The van der Waals surface area contributed by atoms with E-state index < -0.39 is 6.29 Å². The van der Waals surface area contributed by atoms with Crippen molar-refractivity contribution < 1.29 is 19.1 Å². The smallest absolute Gasteiger partial charge is 0.308 e. The fraction of sp³-hybridized carbons (Fsp3) is 0.914. The number of ether oxygens (including phenoxy) is 2. The van der Waals surface area contributed by atoms with Crippen molar-refractivity contribution in [2.45, 2.75) is 206 Å². The predicted octanol–water partition coefficient (Wildman–Crippen LogP) is 11.6. The Bertz CT molecular complexity index is 475. The Hall–Kier alpha value is -1.06. The summed E-state index contributed by atoms with van der Waals surface area (Å²) in [5.74, 6) is -0.555. The van der Waals surface area contributed by atoms with E-state index in [9.17, 15) is 9.59 Å². The van der Waals surface area contributed by atoms with Crippen LogP contribution in [0, 0.1) is 6.92 Å². The molecule has 1 radical (unpaired) electrons. The second-order valence-electron chi connectivity index (χ2n) is 11.7. The predicted molar refractivity (Wildman–Crippen MR) is 167 cm³/mol. The van der Waals surface area contributed by atoms with Crippen molar-refractivity contribution in [1.82, 2.24) is 0 Å². The zero-order chi connectivity index (χ0) is 28.7. The first-order chi connectivity index (χ1) is 19.1. The zero-order valence-electron chi connectivity index (χ0n) is 26.4. The molecule has 0 aromatic heterocycles. The largest absolute Gasteiger partial charge is 0.425 e. The fourth-order valence-corrected chi connectivity index (χ4v) is 5.13. The Labute approximate surface area is 244 Å². The van der Waals surface area contributed by atoms with E-state index >= 15 is 0 Å². The number of hydrogen-bond donors (Lipinski definition) is 0. The van der Waals surface area contributed by atoms with E-state index in [4.69, 9.17) is 9.47 Å². The number of hydrogen-bond acceptors (Lipinski definition) is 4. The standard InChI is InChI=1S/C35H67O4/c1-4-7-9-11-13-15-17-19-21-23-25-27-29-31-33(36)38-35(6-3)39-34(37)32-30-28-26-24-22-20-18-16-14-12-10-8-5-2/h35H,3-32H2,1-2H3. The number of rotatable bonds is 31. The summed E-state index contributed by atoms with van der Waals surface area (Å²) in [6.45, 7) is 8.31. The molecule has 4 heteroatoms. The van der Waals surface area contributed by atoms with Crippen LogP contribution in [0.2, 0.25) is 0 Å². The number of unbranched alkanes of at least 4 members (excludes halogenated alkanes) is 24. The molecular formula is C35H67O4. The lowest BCUT2D eigenvalue weighted by atomic mass is 10.0. The molecule has 0 heterocycles. The lowest BCUT2D eigenvalue weighted by molar-refractivity contribution is -0.187. The monoisotopic (exact) mass is 552 g/mol. The van der Waals surface area contributed by atoms with Crippen LogP contribution in [0.3, 0.4) is 0 Å². The van der Waals surface area contributed by atoms with Gasteiger partial charge in [0.05, 0.1) is 0 Å². The first kappa shape index (κ1) is 37.9. The van der Waals surface area contributed by atoms with E-state index in [0.717, 1.165) is 25.7 Å². The van der Waals surface area contributed by atoms with E-state index in [1.54, 1.807) is 0 Å². The minimum atomic E-state index is -0.839. The van der Waals surface area contributed by atoms with E-state index in [1.165, 1.54) is 141 Å². The van der Waals surface area contributed by atoms with Gasteiger partial charge < -0.3 is 9.47 Å². The fourth-order valence-electron chi connectivity index (χ4n) is 5.13. The van der Waals surface area contributed by atoms with Gasteiger partial charge in [-0.25, -0.2) is 0 Å². The molecule has 0 aliphatic heterocycles. The van der Waals surface area contributed by atoms with Crippen LogP contribution in [0.25, 0.3) is 0 Å². The minimum Gasteiger partial charge on any atom is -0.425 e. The zero-order valence-corrected chi connectivity index (χ0v) is 26.4. The Morgan fingerprint density at radius 1 is 0.436 bits per heavy atom. The van der Waals surface area contributed by atoms with Gasteiger partial charge in [-0.05, 0) is 19.8 Å². The molecule has 0 atom stereocenters. The summed E-state index contributed by atoms with van der Waals surface area (Å²) >= 11 is 0. The van der Waals surface area contributed by atoms with Crippen molar-refractivity contribution in [2.24, 2.45) is 0 Å². The average molecular weight is 552 g/mol. The molecule has 0 saturated carbocycles. The Kier molecular flexibility index (Phi) is 30.6. The van der Waals surface area contributed by atoms with E-state index in [0.29, 0.717) is 12.8 Å². The van der Waals surface area contributed by atoms with Crippen LogP contribution in [-0.4, -0.2) is 18.2 Å². The van der Waals surface area contributed by atoms with Gasteiger partial charge in [-0.3, -0.25) is 9.59 Å². The minimum absolute atomic E-state index is 0.259. The maximum atomic E-state index is 12.1. The van der Waals surface area contributed by atoms with Crippen molar-refractivity contribution in [3.05, 3.63) is 6.92 Å². The SMILES string of the molecule is [CH2]CC(OC(=O)CCCCCCCCCCCCCCC)OC(=O)CCCCCCCCCCCCCCC. The Balaban J connectivity index is 3.54. The summed E-state index contributed by atoms with van der Waals surface area (Å²) in [4.78, 5) is 24.3. The second-order valence-corrected chi connectivity index (χ2v) is 11.7. The molecule has 0 aromatic carbocycles. The highest BCUT2D eigenvalue weighted by Gasteiger charge is 2.16. The molecule has 0 aliphatic carbocycles. The average Bonchev–Trinajstić information content (AvgIpc) is 2.93. The van der Waals surface area contributed by atoms with Gasteiger partial charge in [0, 0.05) is 19.3 Å². The van der Waals surface area contributed by atoms with E-state index in [2.05, 4.69) is 20.8 Å². The van der Waals surface area contributed by atoms with Crippen molar-refractivity contribution >= 4 is 11.9 Å². The summed E-state index contributed by atoms with van der Waals surface area (Å²) in [7, 11) is 0. The molecule has 0 saturated heterocycles. The van der Waals surface area contributed by atoms with Crippen molar-refractivity contribution in [3.63, 3.8) is 0 Å². The summed E-state index contributed by atoms with van der Waals surface area (Å²) in [5, 5.41) is 0. The maximum Gasteiger partial charge on any atom is 0.308 e. The molecule has 0 rings (SSSR count). The van der Waals surface area contributed by atoms with E-state index in [-0.39, 0.29) is 18.4 Å². The van der Waals surface area contributed by atoms with Crippen molar-refractivity contribution in [1.29, 1.82) is 0 Å². The third kappa shape index (κ3) is 29.7. The molecular weight excluding hydrogens is 484 g/mol. The molecule has 0 unspecified atom stereocenters. The summed E-state index contributed by atoms with van der Waals surface area (Å²) < 4.78 is 10.7. The van der Waals surface area contributed by atoms with Gasteiger partial charge in [-0.1, -0.05) is 168 Å². The topological polar surface area (TPSA) is 52.6 Å². The van der Waals surface area contributed by atoms with Gasteiger partial charge in [-0.15, -0.1) is 0 Å². The molecule has 0 spiro atoms. The van der Waals surface area contributed by atoms with Crippen LogP contribution in [0.1, 0.15) is 200 Å². The normalized spacial score (nSPS) is 11.3. The third-order valence-corrected chi connectivity index (χ3v) is 7.73. The number of carbonyl (C=O) groups is 2. The molecule has 0 bridgehead atoms. The van der Waals surface area contributed by atoms with Crippen LogP contribution in [-0.2, 0) is 19.1 Å². The van der Waals surface area contributed by atoms with Crippen LogP contribution in [0.5, 0.6) is 0 Å². The van der Waals surface area contributed by atoms with Gasteiger partial charge in [0.15, 0.2) is 0 Å². The van der Waals surface area contributed by atoms with Crippen LogP contribution in [0.4, 0.5) is 0 Å². The number of carbonyl (C=O) groups excluding carboxylic acids is 2. The summed E-state index contributed by atoms with van der Waals surface area (Å²) in [5.41, 5.74) is 0. The molecule has 231 valence electrons. The van der Waals surface area contributed by atoms with Crippen molar-refractivity contribution in [3.8, 4) is 0 Å². The molecule has 0 fully saturated rings. The van der Waals surface area contributed by atoms with Gasteiger partial charge in [0.25, 0.3) is 0 Å². The van der Waals surface area contributed by atoms with Crippen LogP contribution in [0.15, 0.2) is 0 Å². The van der Waals surface area contributed by atoms with Gasteiger partial charge in [-0.2, -0.15) is 0 Å². The third-order valence-electron chi connectivity index (χ3n) is 7.73. The summed E-state index contributed by atoms with van der Waals surface area (Å²) in [6.07, 6.45) is 33.4. The molecule has 0 aliphatic rings. The lowest BCUT2D eigenvalue weighted by Gasteiger charge is -2.16. The van der Waals surface area contributed by atoms with Gasteiger partial charge >= 0.3 is 11.9 Å². The Morgan fingerprint density at radius 3 is 0.897 bits per heavy atom. The molecule has 0 amide bonds. The number of esters is 2. The molecule has 39 heavy (non-hydrogen) atoms. The lowest BCUT2D eigenvalue weighted by Crippen LogP contribution is -2.24. The van der Waals surface area contributed by atoms with Crippen molar-refractivity contribution in [2.75, 3.05) is 0 Å². The van der Waals surface area contributed by atoms with Gasteiger partial charge in [0.1, 0.15) is 0 Å². The quantitative estimate of drug-likeness (QED) is 0.0488. The van der Waals surface area contributed by atoms with Crippen LogP contribution >= 0.6 is 0 Å².